The van der Waals surface area contributed by atoms with E-state index in [-0.39, 0.29) is 11.1 Å². The van der Waals surface area contributed by atoms with Gasteiger partial charge in [-0.05, 0) is 47.7 Å². The van der Waals surface area contributed by atoms with Crippen LogP contribution in [0.5, 0.6) is 0 Å². The third-order valence-corrected chi connectivity index (χ3v) is 4.78. The van der Waals surface area contributed by atoms with Crippen LogP contribution in [0.2, 0.25) is 5.02 Å². The summed E-state index contributed by atoms with van der Waals surface area (Å²) < 4.78 is 0. The van der Waals surface area contributed by atoms with Gasteiger partial charge in [0, 0.05) is 19.8 Å². The summed E-state index contributed by atoms with van der Waals surface area (Å²) in [6.07, 6.45) is 1.72. The third kappa shape index (κ3) is 3.18. The molecule has 1 aliphatic heterocycles. The summed E-state index contributed by atoms with van der Waals surface area (Å²) in [6, 6.07) is 14.6. The van der Waals surface area contributed by atoms with Crippen LogP contribution in [0.15, 0.2) is 53.4 Å². The van der Waals surface area contributed by atoms with E-state index in [1.54, 1.807) is 30.3 Å². The Balaban J connectivity index is 1.90. The fraction of sp³-hybridized carbons (Fsp3) is 0.111. The number of anilines is 2. The van der Waals surface area contributed by atoms with E-state index in [9.17, 15) is 9.59 Å². The van der Waals surface area contributed by atoms with Crippen molar-refractivity contribution in [1.29, 1.82) is 0 Å². The molecule has 2 amide bonds. The van der Waals surface area contributed by atoms with Gasteiger partial charge < -0.3 is 4.90 Å². The number of halogens is 1. The number of hydrogen-bond acceptors (Lipinski definition) is 4. The first-order chi connectivity index (χ1) is 11.5. The van der Waals surface area contributed by atoms with Gasteiger partial charge in [-0.2, -0.15) is 0 Å². The highest BCUT2D eigenvalue weighted by atomic mass is 35.5. The normalized spacial score (nSPS) is 16.1. The number of carbonyl (C=O) groups excluding carboxylic acids is 2. The average Bonchev–Trinajstić information content (AvgIpc) is 2.83. The molecular formula is C18H15ClN2O2S. The minimum Gasteiger partial charge on any atom is -0.378 e. The average molecular weight is 359 g/mol. The molecular weight excluding hydrogens is 344 g/mol. The van der Waals surface area contributed by atoms with Crippen LogP contribution >= 0.6 is 23.4 Å². The highest BCUT2D eigenvalue weighted by molar-refractivity contribution is 8.19. The highest BCUT2D eigenvalue weighted by Crippen LogP contribution is 2.38. The van der Waals surface area contributed by atoms with Gasteiger partial charge in [0.1, 0.15) is 0 Å². The first kappa shape index (κ1) is 16.6. The summed E-state index contributed by atoms with van der Waals surface area (Å²) >= 11 is 7.03. The first-order valence-corrected chi connectivity index (χ1v) is 8.46. The van der Waals surface area contributed by atoms with E-state index < -0.39 is 0 Å². The molecule has 0 unspecified atom stereocenters. The van der Waals surface area contributed by atoms with Gasteiger partial charge in [0.25, 0.3) is 11.1 Å². The van der Waals surface area contributed by atoms with Crippen molar-refractivity contribution in [2.75, 3.05) is 23.9 Å². The van der Waals surface area contributed by atoms with E-state index in [4.69, 9.17) is 11.6 Å². The molecule has 0 aromatic heterocycles. The Morgan fingerprint density at radius 1 is 1.04 bits per heavy atom. The summed E-state index contributed by atoms with van der Waals surface area (Å²) in [5.41, 5.74) is 2.34. The number of benzene rings is 2. The standard InChI is InChI=1S/C18H15ClN2O2S/c1-20(2)13-9-7-12(8-10-13)11-16-17(22)21(18(23)24-16)15-6-4-3-5-14(15)19/h3-11H,1-2H3/b16-11-. The van der Waals surface area contributed by atoms with Crippen LogP contribution in [-0.4, -0.2) is 25.2 Å². The number of thioether (sulfide) groups is 1. The Bertz CT molecular complexity index is 831. The predicted octanol–water partition coefficient (Wildman–Crippen LogP) is 4.65. The van der Waals surface area contributed by atoms with Crippen molar-refractivity contribution in [1.82, 2.24) is 0 Å². The second-order valence-corrected chi connectivity index (χ2v) is 6.85. The van der Waals surface area contributed by atoms with E-state index >= 15 is 0 Å². The predicted molar refractivity (Wildman–Crippen MR) is 101 cm³/mol. The SMILES string of the molecule is CN(C)c1ccc(/C=C2\SC(=O)N(c3ccccc3Cl)C2=O)cc1. The third-order valence-electron chi connectivity index (χ3n) is 3.59. The fourth-order valence-corrected chi connectivity index (χ4v) is 3.38. The van der Waals surface area contributed by atoms with Crippen LogP contribution in [0.4, 0.5) is 16.2 Å². The summed E-state index contributed by atoms with van der Waals surface area (Å²) in [6.45, 7) is 0. The number of para-hydroxylation sites is 1. The lowest BCUT2D eigenvalue weighted by Crippen LogP contribution is -2.27. The lowest BCUT2D eigenvalue weighted by Gasteiger charge is -2.13. The molecule has 24 heavy (non-hydrogen) atoms. The van der Waals surface area contributed by atoms with Crippen molar-refractivity contribution in [3.63, 3.8) is 0 Å². The van der Waals surface area contributed by atoms with E-state index in [1.165, 1.54) is 0 Å². The molecule has 1 heterocycles. The molecule has 0 radical (unpaired) electrons. The summed E-state index contributed by atoms with van der Waals surface area (Å²) in [7, 11) is 3.92. The van der Waals surface area contributed by atoms with Crippen molar-refractivity contribution in [3.8, 4) is 0 Å². The monoisotopic (exact) mass is 358 g/mol. The first-order valence-electron chi connectivity index (χ1n) is 7.27. The summed E-state index contributed by atoms with van der Waals surface area (Å²) in [5.74, 6) is -0.352. The zero-order valence-corrected chi connectivity index (χ0v) is 14.8. The molecule has 0 N–H and O–H groups in total. The number of nitrogens with zero attached hydrogens (tertiary/aromatic N) is 2. The lowest BCUT2D eigenvalue weighted by molar-refractivity contribution is -0.113. The Kier molecular flexibility index (Phi) is 4.64. The maximum absolute atomic E-state index is 12.6. The van der Waals surface area contributed by atoms with Gasteiger partial charge >= 0.3 is 0 Å². The number of rotatable bonds is 3. The van der Waals surface area contributed by atoms with E-state index in [1.807, 2.05) is 43.3 Å². The zero-order valence-electron chi connectivity index (χ0n) is 13.2. The molecule has 4 nitrogen and oxygen atoms in total. The van der Waals surface area contributed by atoms with Crippen molar-refractivity contribution in [3.05, 3.63) is 64.0 Å². The van der Waals surface area contributed by atoms with Crippen LogP contribution in [0.25, 0.3) is 6.08 Å². The molecule has 6 heteroatoms. The molecule has 0 aliphatic carbocycles. The number of imide groups is 1. The minimum atomic E-state index is -0.352. The van der Waals surface area contributed by atoms with Crippen molar-refractivity contribution < 1.29 is 9.59 Å². The van der Waals surface area contributed by atoms with Crippen LogP contribution in [0.1, 0.15) is 5.56 Å². The number of hydrogen-bond donors (Lipinski definition) is 0. The Morgan fingerprint density at radius 2 is 1.71 bits per heavy atom. The molecule has 2 aromatic rings. The van der Waals surface area contributed by atoms with Crippen LogP contribution in [-0.2, 0) is 4.79 Å². The van der Waals surface area contributed by atoms with Crippen LogP contribution < -0.4 is 9.80 Å². The minimum absolute atomic E-state index is 0.343. The Labute approximate surface area is 149 Å². The van der Waals surface area contributed by atoms with Crippen LogP contribution in [0, 0.1) is 0 Å². The molecule has 3 rings (SSSR count). The van der Waals surface area contributed by atoms with Gasteiger partial charge in [0.2, 0.25) is 0 Å². The highest BCUT2D eigenvalue weighted by Gasteiger charge is 2.37. The van der Waals surface area contributed by atoms with Gasteiger partial charge in [-0.1, -0.05) is 35.9 Å². The summed E-state index contributed by atoms with van der Waals surface area (Å²) in [5, 5.41) is 0.0284. The largest absolute Gasteiger partial charge is 0.378 e. The quantitative estimate of drug-likeness (QED) is 0.749. The van der Waals surface area contributed by atoms with E-state index in [0.29, 0.717) is 15.6 Å². The molecule has 0 bridgehead atoms. The second-order valence-electron chi connectivity index (χ2n) is 5.45. The van der Waals surface area contributed by atoms with E-state index in [0.717, 1.165) is 27.9 Å². The topological polar surface area (TPSA) is 40.6 Å². The number of amides is 2. The molecule has 122 valence electrons. The molecule has 1 fully saturated rings. The number of carbonyl (C=O) groups is 2. The van der Waals surface area contributed by atoms with Gasteiger partial charge in [-0.3, -0.25) is 9.59 Å². The smallest absolute Gasteiger partial charge is 0.298 e. The Morgan fingerprint density at radius 3 is 2.33 bits per heavy atom. The molecule has 0 saturated carbocycles. The van der Waals surface area contributed by atoms with Gasteiger partial charge in [0.05, 0.1) is 15.6 Å². The molecule has 2 aromatic carbocycles. The zero-order chi connectivity index (χ0) is 17.3. The van der Waals surface area contributed by atoms with Gasteiger partial charge in [-0.15, -0.1) is 0 Å². The van der Waals surface area contributed by atoms with Gasteiger partial charge in [0.15, 0.2) is 0 Å². The molecule has 0 spiro atoms. The molecule has 1 aliphatic rings. The van der Waals surface area contributed by atoms with E-state index in [2.05, 4.69) is 0 Å². The summed E-state index contributed by atoms with van der Waals surface area (Å²) in [4.78, 5) is 28.3. The maximum atomic E-state index is 12.6. The van der Waals surface area contributed by atoms with Gasteiger partial charge in [-0.25, -0.2) is 4.90 Å². The second kappa shape index (κ2) is 6.71. The molecule has 0 atom stereocenters. The van der Waals surface area contributed by atoms with Crippen molar-refractivity contribution in [2.45, 2.75) is 0 Å². The van der Waals surface area contributed by atoms with Crippen molar-refractivity contribution in [2.24, 2.45) is 0 Å². The molecule has 1 saturated heterocycles. The lowest BCUT2D eigenvalue weighted by atomic mass is 10.2. The maximum Gasteiger partial charge on any atom is 0.298 e. The van der Waals surface area contributed by atoms with Crippen LogP contribution in [0.3, 0.4) is 0 Å². The fourth-order valence-electron chi connectivity index (χ4n) is 2.33. The van der Waals surface area contributed by atoms with Crippen molar-refractivity contribution >= 4 is 52.0 Å². The Hall–Kier alpha value is -2.24.